The fourth-order valence-electron chi connectivity index (χ4n) is 6.51. The summed E-state index contributed by atoms with van der Waals surface area (Å²) < 4.78 is 2.13. The number of nitrogens with two attached hydrogens (primary N) is 1. The van der Waals surface area contributed by atoms with E-state index in [2.05, 4.69) is 38.2 Å². The van der Waals surface area contributed by atoms with Gasteiger partial charge in [0.15, 0.2) is 0 Å². The van der Waals surface area contributed by atoms with Gasteiger partial charge in [0.2, 0.25) is 5.91 Å². The molecule has 1 atom stereocenters. The maximum atomic E-state index is 13.0. The number of fused-ring (bicyclic) bond motifs is 3. The smallest absolute Gasteiger partial charge is 0.252 e. The van der Waals surface area contributed by atoms with Gasteiger partial charge in [-0.25, -0.2) is 0 Å². The average molecular weight is 489 g/mol. The number of hydrogen-bond donors (Lipinski definition) is 2. The van der Waals surface area contributed by atoms with Crippen molar-refractivity contribution in [2.45, 2.75) is 38.5 Å². The van der Waals surface area contributed by atoms with Crippen molar-refractivity contribution in [3.8, 4) is 0 Å². The molecule has 3 N–H and O–H groups in total. The Balaban J connectivity index is 1.49. The van der Waals surface area contributed by atoms with Gasteiger partial charge >= 0.3 is 0 Å². The van der Waals surface area contributed by atoms with Crippen molar-refractivity contribution >= 4 is 39.4 Å². The van der Waals surface area contributed by atoms with E-state index in [0.29, 0.717) is 43.3 Å². The number of nitrogens with one attached hydrogen (secondary N) is 1. The summed E-state index contributed by atoms with van der Waals surface area (Å²) in [4.78, 5) is 43.5. The zero-order chi connectivity index (χ0) is 25.0. The van der Waals surface area contributed by atoms with Gasteiger partial charge in [-0.1, -0.05) is 12.1 Å². The summed E-state index contributed by atoms with van der Waals surface area (Å²) in [7, 11) is 0. The SMILES string of the molecule is CC(=O)N1CCC(c2ccc3c4cncc(C(N)=O)c4n(N4CCC(=O)C5(CCNC5)C4)c3c2)CC1. The highest BCUT2D eigenvalue weighted by Gasteiger charge is 2.45. The topological polar surface area (TPSA) is 114 Å². The summed E-state index contributed by atoms with van der Waals surface area (Å²) in [6.45, 7) is 5.86. The molecule has 1 aromatic carbocycles. The molecule has 3 saturated heterocycles. The molecule has 0 saturated carbocycles. The molecule has 0 radical (unpaired) electrons. The van der Waals surface area contributed by atoms with Gasteiger partial charge in [-0.15, -0.1) is 0 Å². The highest BCUT2D eigenvalue weighted by atomic mass is 16.2. The summed E-state index contributed by atoms with van der Waals surface area (Å²) >= 11 is 0. The van der Waals surface area contributed by atoms with Crippen LogP contribution in [0.3, 0.4) is 0 Å². The average Bonchev–Trinajstić information content (AvgIpc) is 3.48. The summed E-state index contributed by atoms with van der Waals surface area (Å²) in [6, 6.07) is 6.51. The Morgan fingerprint density at radius 2 is 1.94 bits per heavy atom. The molecule has 3 aliphatic rings. The highest BCUT2D eigenvalue weighted by molar-refractivity contribution is 6.15. The number of aromatic nitrogens is 2. The summed E-state index contributed by atoms with van der Waals surface area (Å²) in [6.07, 6.45) is 6.49. The lowest BCUT2D eigenvalue weighted by atomic mass is 9.78. The van der Waals surface area contributed by atoms with E-state index in [9.17, 15) is 14.4 Å². The van der Waals surface area contributed by atoms with Crippen molar-refractivity contribution in [1.82, 2.24) is 19.9 Å². The molecular formula is C27H32N6O3. The lowest BCUT2D eigenvalue weighted by Gasteiger charge is -2.41. The van der Waals surface area contributed by atoms with Crippen molar-refractivity contribution in [1.29, 1.82) is 0 Å². The first kappa shape index (κ1) is 23.0. The zero-order valence-corrected chi connectivity index (χ0v) is 20.6. The molecule has 36 heavy (non-hydrogen) atoms. The van der Waals surface area contributed by atoms with Crippen LogP contribution in [0.1, 0.15) is 54.4 Å². The predicted octanol–water partition coefficient (Wildman–Crippen LogP) is 1.90. The van der Waals surface area contributed by atoms with E-state index in [1.54, 1.807) is 19.3 Å². The van der Waals surface area contributed by atoms with Gasteiger partial charge in [-0.2, -0.15) is 0 Å². The molecule has 1 unspecified atom stereocenters. The van der Waals surface area contributed by atoms with Crippen molar-refractivity contribution in [3.05, 3.63) is 41.7 Å². The minimum atomic E-state index is -0.515. The molecule has 2 amide bonds. The van der Waals surface area contributed by atoms with Gasteiger partial charge in [-0.05, 0) is 43.4 Å². The second kappa shape index (κ2) is 8.58. The van der Waals surface area contributed by atoms with E-state index in [0.717, 1.165) is 60.7 Å². The van der Waals surface area contributed by atoms with Crippen LogP contribution >= 0.6 is 0 Å². The van der Waals surface area contributed by atoms with Gasteiger partial charge in [-0.3, -0.25) is 24.0 Å². The summed E-state index contributed by atoms with van der Waals surface area (Å²) in [5, 5.41) is 7.51. The second-order valence-electron chi connectivity index (χ2n) is 10.6. The number of amides is 2. The van der Waals surface area contributed by atoms with Crippen molar-refractivity contribution in [3.63, 3.8) is 0 Å². The van der Waals surface area contributed by atoms with Crippen LogP contribution in [0, 0.1) is 5.41 Å². The van der Waals surface area contributed by atoms with E-state index in [1.165, 1.54) is 5.56 Å². The zero-order valence-electron chi connectivity index (χ0n) is 20.6. The number of piperidine rings is 2. The first-order chi connectivity index (χ1) is 17.4. The van der Waals surface area contributed by atoms with E-state index < -0.39 is 11.3 Å². The Bertz CT molecular complexity index is 1380. The summed E-state index contributed by atoms with van der Waals surface area (Å²) in [5.74, 6) is 0.294. The molecule has 188 valence electrons. The lowest BCUT2D eigenvalue weighted by Crippen LogP contribution is -2.54. The quantitative estimate of drug-likeness (QED) is 0.582. The third-order valence-corrected chi connectivity index (χ3v) is 8.55. The van der Waals surface area contributed by atoms with Gasteiger partial charge < -0.3 is 21.0 Å². The molecule has 0 bridgehead atoms. The third-order valence-electron chi connectivity index (χ3n) is 8.55. The number of pyridine rings is 1. The molecule has 1 spiro atoms. The molecule has 3 aromatic rings. The minimum Gasteiger partial charge on any atom is -0.365 e. The van der Waals surface area contributed by atoms with Crippen LogP contribution in [0.5, 0.6) is 0 Å². The highest BCUT2D eigenvalue weighted by Crippen LogP contribution is 2.38. The number of ketones is 1. The van der Waals surface area contributed by atoms with Crippen molar-refractivity contribution in [2.24, 2.45) is 11.1 Å². The van der Waals surface area contributed by atoms with Crippen LogP contribution < -0.4 is 16.1 Å². The van der Waals surface area contributed by atoms with E-state index in [4.69, 9.17) is 5.73 Å². The Morgan fingerprint density at radius 1 is 1.14 bits per heavy atom. The van der Waals surface area contributed by atoms with E-state index in [-0.39, 0.29) is 5.91 Å². The Labute approximate surface area is 209 Å². The van der Waals surface area contributed by atoms with Crippen LogP contribution in [-0.2, 0) is 9.59 Å². The number of hydrogen-bond acceptors (Lipinski definition) is 6. The van der Waals surface area contributed by atoms with E-state index >= 15 is 0 Å². The molecule has 9 nitrogen and oxygen atoms in total. The molecular weight excluding hydrogens is 456 g/mol. The van der Waals surface area contributed by atoms with Crippen LogP contribution in [0.2, 0.25) is 0 Å². The minimum absolute atomic E-state index is 0.130. The number of carbonyl (C=O) groups is 3. The Kier molecular flexibility index (Phi) is 5.48. The van der Waals surface area contributed by atoms with Gasteiger partial charge in [0.1, 0.15) is 5.78 Å². The third kappa shape index (κ3) is 3.56. The number of likely N-dealkylation sites (tertiary alicyclic amines) is 1. The number of Topliss-reactive ketones (excluding diaryl/α,β-unsaturated/α-hetero) is 1. The second-order valence-corrected chi connectivity index (χ2v) is 10.6. The monoisotopic (exact) mass is 488 g/mol. The fraction of sp³-hybridized carbons (Fsp3) is 0.481. The van der Waals surface area contributed by atoms with Crippen molar-refractivity contribution in [2.75, 3.05) is 44.3 Å². The molecule has 2 aromatic heterocycles. The van der Waals surface area contributed by atoms with Crippen molar-refractivity contribution < 1.29 is 14.4 Å². The largest absolute Gasteiger partial charge is 0.365 e. The van der Waals surface area contributed by atoms with Crippen LogP contribution in [0.4, 0.5) is 0 Å². The Hall–Kier alpha value is -3.46. The lowest BCUT2D eigenvalue weighted by molar-refractivity contribution is -0.130. The standard InChI is InChI=1S/C27H32N6O3/c1-17(34)31-9-4-18(5-10-31)19-2-3-20-21-13-30-14-22(26(28)36)25(21)33(23(20)12-19)32-11-6-24(35)27(16-32)7-8-29-15-27/h2-3,12-14,18,29H,4-11,15-16H2,1H3,(H2,28,36). The molecule has 5 heterocycles. The summed E-state index contributed by atoms with van der Waals surface area (Å²) in [5.41, 5.74) is 8.78. The maximum Gasteiger partial charge on any atom is 0.252 e. The van der Waals surface area contributed by atoms with Crippen LogP contribution in [0.25, 0.3) is 21.8 Å². The molecule has 6 rings (SSSR count). The number of benzene rings is 1. The van der Waals surface area contributed by atoms with E-state index in [1.807, 2.05) is 4.90 Å². The number of nitrogens with zero attached hydrogens (tertiary/aromatic N) is 4. The van der Waals surface area contributed by atoms with Gasteiger partial charge in [0.25, 0.3) is 5.91 Å². The van der Waals surface area contributed by atoms with Crippen LogP contribution in [-0.4, -0.2) is 71.4 Å². The molecule has 3 aliphatic heterocycles. The first-order valence-electron chi connectivity index (χ1n) is 12.8. The predicted molar refractivity (Wildman–Crippen MR) is 137 cm³/mol. The normalized spacial score (nSPS) is 23.3. The molecule has 3 fully saturated rings. The van der Waals surface area contributed by atoms with Crippen LogP contribution in [0.15, 0.2) is 30.6 Å². The number of primary amides is 1. The molecule has 0 aliphatic carbocycles. The molecule has 9 heteroatoms. The van der Waals surface area contributed by atoms with Gasteiger partial charge in [0.05, 0.1) is 22.0 Å². The number of carbonyl (C=O) groups excluding carboxylic acids is 3. The van der Waals surface area contributed by atoms with Gasteiger partial charge in [0, 0.05) is 69.2 Å². The number of rotatable bonds is 3. The Morgan fingerprint density at radius 3 is 2.64 bits per heavy atom. The maximum absolute atomic E-state index is 13.0. The first-order valence-corrected chi connectivity index (χ1v) is 12.8. The fourth-order valence-corrected chi connectivity index (χ4v) is 6.51.